The summed E-state index contributed by atoms with van der Waals surface area (Å²) < 4.78 is 7.77. The van der Waals surface area contributed by atoms with E-state index in [9.17, 15) is 0 Å². The predicted octanol–water partition coefficient (Wildman–Crippen LogP) is 1.76. The van der Waals surface area contributed by atoms with Crippen LogP contribution in [0, 0.1) is 11.8 Å². The highest BCUT2D eigenvalue weighted by Crippen LogP contribution is 2.31. The number of H-pyrrole nitrogens is 1. The van der Waals surface area contributed by atoms with Gasteiger partial charge in [0.15, 0.2) is 11.5 Å². The number of hydrogen-bond donors (Lipinski definition) is 2. The molecule has 3 aliphatic heterocycles. The second-order valence-corrected chi connectivity index (χ2v) is 9.52. The number of fused-ring (bicyclic) bond motifs is 3. The van der Waals surface area contributed by atoms with Crippen molar-refractivity contribution < 1.29 is 4.74 Å². The molecule has 4 aromatic rings. The lowest BCUT2D eigenvalue weighted by Crippen LogP contribution is -2.37. The first-order valence-electron chi connectivity index (χ1n) is 11.9. The lowest BCUT2D eigenvalue weighted by Gasteiger charge is -2.28. The van der Waals surface area contributed by atoms with Gasteiger partial charge >= 0.3 is 0 Å². The number of benzene rings is 1. The van der Waals surface area contributed by atoms with E-state index in [4.69, 9.17) is 14.7 Å². The molecule has 6 heterocycles. The van der Waals surface area contributed by atoms with Gasteiger partial charge in [-0.15, -0.1) is 0 Å². The third kappa shape index (κ3) is 3.38. The van der Waals surface area contributed by atoms with Crippen molar-refractivity contribution in [3.05, 3.63) is 42.5 Å². The van der Waals surface area contributed by atoms with Gasteiger partial charge in [-0.25, -0.2) is 9.97 Å². The maximum Gasteiger partial charge on any atom is 0.180 e. The SMILES string of the molecule is c1cc(-c2cn3cc(CN4CC5CNCC5C4)nc3c(N3CCOCC3)n2)c2cn[nH]c2c1. The highest BCUT2D eigenvalue weighted by atomic mass is 16.5. The molecule has 0 spiro atoms. The molecule has 2 N–H and O–H groups in total. The Morgan fingerprint density at radius 3 is 2.73 bits per heavy atom. The van der Waals surface area contributed by atoms with Crippen LogP contribution in [0.1, 0.15) is 5.69 Å². The molecule has 0 bridgehead atoms. The molecule has 2 atom stereocenters. The Hall–Kier alpha value is -3.01. The van der Waals surface area contributed by atoms with Gasteiger partial charge in [-0.1, -0.05) is 12.1 Å². The summed E-state index contributed by atoms with van der Waals surface area (Å²) in [6.45, 7) is 8.60. The standard InChI is InChI=1S/C24H28N8O/c1-2-19(20-10-26-29-21(20)3-1)22-15-32-14-18(13-30-11-16-8-25-9-17(16)12-30)27-23(32)24(28-22)31-4-6-33-7-5-31/h1-3,10,14-17,25H,4-9,11-13H2,(H,26,29). The Morgan fingerprint density at radius 2 is 1.88 bits per heavy atom. The highest BCUT2D eigenvalue weighted by Gasteiger charge is 2.36. The summed E-state index contributed by atoms with van der Waals surface area (Å²) in [6.07, 6.45) is 6.18. The van der Waals surface area contributed by atoms with Crippen LogP contribution in [0.3, 0.4) is 0 Å². The van der Waals surface area contributed by atoms with Crippen LogP contribution >= 0.6 is 0 Å². The second kappa shape index (κ2) is 7.79. The van der Waals surface area contributed by atoms with Crippen LogP contribution in [0.2, 0.25) is 0 Å². The number of aromatic amines is 1. The van der Waals surface area contributed by atoms with Gasteiger partial charge in [-0.2, -0.15) is 5.10 Å². The number of morpholine rings is 1. The van der Waals surface area contributed by atoms with Crippen LogP contribution in [0.25, 0.3) is 27.8 Å². The zero-order valence-electron chi connectivity index (χ0n) is 18.6. The van der Waals surface area contributed by atoms with Crippen LogP contribution in [-0.2, 0) is 11.3 Å². The van der Waals surface area contributed by atoms with Crippen LogP contribution in [0.15, 0.2) is 36.8 Å². The maximum absolute atomic E-state index is 5.60. The lowest BCUT2D eigenvalue weighted by atomic mass is 10.0. The summed E-state index contributed by atoms with van der Waals surface area (Å²) in [5.41, 5.74) is 5.06. The van der Waals surface area contributed by atoms with Crippen molar-refractivity contribution in [1.82, 2.24) is 34.8 Å². The van der Waals surface area contributed by atoms with Crippen molar-refractivity contribution in [3.63, 3.8) is 0 Å². The number of imidazole rings is 1. The Labute approximate surface area is 191 Å². The molecule has 2 unspecified atom stereocenters. The molecular formula is C24H28N8O. The minimum atomic E-state index is 0.716. The van der Waals surface area contributed by atoms with E-state index in [1.54, 1.807) is 0 Å². The quantitative estimate of drug-likeness (QED) is 0.496. The summed E-state index contributed by atoms with van der Waals surface area (Å²) in [7, 11) is 0. The van der Waals surface area contributed by atoms with Crippen molar-refractivity contribution in [2.45, 2.75) is 6.54 Å². The first-order chi connectivity index (χ1) is 16.3. The number of nitrogens with one attached hydrogen (secondary N) is 2. The zero-order chi connectivity index (χ0) is 21.8. The summed E-state index contributed by atoms with van der Waals surface area (Å²) in [6, 6.07) is 6.21. The van der Waals surface area contributed by atoms with Gasteiger partial charge in [-0.3, -0.25) is 10.00 Å². The molecule has 7 rings (SSSR count). The summed E-state index contributed by atoms with van der Waals surface area (Å²) in [5, 5.41) is 11.9. The molecule has 33 heavy (non-hydrogen) atoms. The Kier molecular flexibility index (Phi) is 4.59. The molecular weight excluding hydrogens is 416 g/mol. The Balaban J connectivity index is 1.29. The fourth-order valence-electron chi connectivity index (χ4n) is 5.73. The number of likely N-dealkylation sites (tertiary alicyclic amines) is 1. The second-order valence-electron chi connectivity index (χ2n) is 9.52. The van der Waals surface area contributed by atoms with Crippen molar-refractivity contribution in [1.29, 1.82) is 0 Å². The van der Waals surface area contributed by atoms with Gasteiger partial charge in [0.05, 0.1) is 36.3 Å². The molecule has 1 aromatic carbocycles. The van der Waals surface area contributed by atoms with E-state index in [0.29, 0.717) is 13.2 Å². The predicted molar refractivity (Wildman–Crippen MR) is 126 cm³/mol. The number of hydrogen-bond acceptors (Lipinski definition) is 7. The number of aromatic nitrogens is 5. The van der Waals surface area contributed by atoms with Gasteiger partial charge in [0.2, 0.25) is 0 Å². The molecule has 3 fully saturated rings. The summed E-state index contributed by atoms with van der Waals surface area (Å²) in [5.74, 6) is 2.51. The molecule has 170 valence electrons. The topological polar surface area (TPSA) is 86.6 Å². The normalized spacial score (nSPS) is 23.7. The fourth-order valence-corrected chi connectivity index (χ4v) is 5.73. The molecule has 9 heteroatoms. The number of ether oxygens (including phenoxy) is 1. The molecule has 3 saturated heterocycles. The molecule has 3 aromatic heterocycles. The van der Waals surface area contributed by atoms with E-state index in [1.165, 1.54) is 0 Å². The van der Waals surface area contributed by atoms with Gasteiger partial charge in [0.25, 0.3) is 0 Å². The molecule has 9 nitrogen and oxygen atoms in total. The smallest absolute Gasteiger partial charge is 0.180 e. The molecule has 0 aliphatic carbocycles. The van der Waals surface area contributed by atoms with Gasteiger partial charge < -0.3 is 19.4 Å². The minimum Gasteiger partial charge on any atom is -0.378 e. The largest absolute Gasteiger partial charge is 0.378 e. The van der Waals surface area contributed by atoms with Crippen LogP contribution in [0.5, 0.6) is 0 Å². The van der Waals surface area contributed by atoms with E-state index in [0.717, 1.165) is 97.0 Å². The maximum atomic E-state index is 5.60. The van der Waals surface area contributed by atoms with Crippen LogP contribution in [-0.4, -0.2) is 81.9 Å². The zero-order valence-corrected chi connectivity index (χ0v) is 18.6. The molecule has 0 radical (unpaired) electrons. The van der Waals surface area contributed by atoms with Crippen molar-refractivity contribution in [2.75, 3.05) is 57.4 Å². The van der Waals surface area contributed by atoms with Gasteiger partial charge in [0.1, 0.15) is 0 Å². The molecule has 0 saturated carbocycles. The average Bonchev–Trinajstić information content (AvgIpc) is 3.62. The molecule has 3 aliphatic rings. The van der Waals surface area contributed by atoms with Crippen molar-refractivity contribution in [3.8, 4) is 11.3 Å². The van der Waals surface area contributed by atoms with E-state index >= 15 is 0 Å². The van der Waals surface area contributed by atoms with Crippen molar-refractivity contribution in [2.24, 2.45) is 11.8 Å². The Morgan fingerprint density at radius 1 is 1.03 bits per heavy atom. The van der Waals surface area contributed by atoms with Gasteiger partial charge in [-0.05, 0) is 31.0 Å². The molecule has 0 amide bonds. The van der Waals surface area contributed by atoms with Gasteiger partial charge in [0, 0.05) is 56.1 Å². The van der Waals surface area contributed by atoms with E-state index in [-0.39, 0.29) is 0 Å². The minimum absolute atomic E-state index is 0.716. The monoisotopic (exact) mass is 444 g/mol. The average molecular weight is 445 g/mol. The van der Waals surface area contributed by atoms with E-state index < -0.39 is 0 Å². The van der Waals surface area contributed by atoms with Crippen molar-refractivity contribution >= 4 is 22.4 Å². The summed E-state index contributed by atoms with van der Waals surface area (Å²) in [4.78, 5) is 15.1. The lowest BCUT2D eigenvalue weighted by molar-refractivity contribution is 0.122. The highest BCUT2D eigenvalue weighted by molar-refractivity contribution is 5.93. The number of anilines is 1. The van der Waals surface area contributed by atoms with Crippen LogP contribution in [0.4, 0.5) is 5.82 Å². The third-order valence-corrected chi connectivity index (χ3v) is 7.39. The fraction of sp³-hybridized carbons (Fsp3) is 0.458. The number of nitrogens with zero attached hydrogens (tertiary/aromatic N) is 6. The van der Waals surface area contributed by atoms with E-state index in [1.807, 2.05) is 12.3 Å². The summed E-state index contributed by atoms with van der Waals surface area (Å²) >= 11 is 0. The first kappa shape index (κ1) is 19.5. The van der Waals surface area contributed by atoms with Crippen LogP contribution < -0.4 is 10.2 Å². The number of rotatable bonds is 4. The van der Waals surface area contributed by atoms with E-state index in [2.05, 4.69) is 54.2 Å². The third-order valence-electron chi connectivity index (χ3n) is 7.39. The Bertz CT molecular complexity index is 1290. The first-order valence-corrected chi connectivity index (χ1v) is 11.9.